The Morgan fingerprint density at radius 1 is 1.32 bits per heavy atom. The van der Waals surface area contributed by atoms with Crippen LogP contribution in [0, 0.1) is 11.3 Å². The van der Waals surface area contributed by atoms with Crippen molar-refractivity contribution in [2.75, 3.05) is 13.2 Å². The highest BCUT2D eigenvalue weighted by molar-refractivity contribution is 5.85. The third-order valence-corrected chi connectivity index (χ3v) is 5.58. The minimum absolute atomic E-state index is 0.0505. The van der Waals surface area contributed by atoms with Crippen molar-refractivity contribution in [1.82, 2.24) is 9.55 Å². The molecule has 1 atom stereocenters. The molecule has 1 unspecified atom stereocenters. The molecule has 6 nitrogen and oxygen atoms in total. The van der Waals surface area contributed by atoms with Gasteiger partial charge in [0.2, 0.25) is 0 Å². The van der Waals surface area contributed by atoms with Crippen LogP contribution in [0.4, 0.5) is 0 Å². The fraction of sp³-hybridized carbons (Fsp3) is 0.520. The first-order chi connectivity index (χ1) is 14.7. The Balaban J connectivity index is 1.70. The van der Waals surface area contributed by atoms with Crippen molar-refractivity contribution in [2.45, 2.75) is 53.6 Å². The van der Waals surface area contributed by atoms with Crippen LogP contribution in [0.5, 0.6) is 11.5 Å². The van der Waals surface area contributed by atoms with Gasteiger partial charge in [0, 0.05) is 30.6 Å². The lowest BCUT2D eigenvalue weighted by atomic mass is 9.88. The van der Waals surface area contributed by atoms with E-state index in [1.165, 1.54) is 0 Å². The molecular weight excluding hydrogens is 392 g/mol. The number of fused-ring (bicyclic) bond motifs is 1. The largest absolute Gasteiger partial charge is 0.494 e. The van der Waals surface area contributed by atoms with Gasteiger partial charge in [-0.25, -0.2) is 4.98 Å². The van der Waals surface area contributed by atoms with Crippen molar-refractivity contribution in [3.63, 3.8) is 0 Å². The van der Waals surface area contributed by atoms with Crippen molar-refractivity contribution >= 4 is 17.6 Å². The van der Waals surface area contributed by atoms with Gasteiger partial charge >= 0.3 is 5.97 Å². The number of hydrogen-bond acceptors (Lipinski definition) is 5. The normalized spacial score (nSPS) is 15.8. The van der Waals surface area contributed by atoms with E-state index in [2.05, 4.69) is 24.9 Å². The summed E-state index contributed by atoms with van der Waals surface area (Å²) in [4.78, 5) is 16.5. The van der Waals surface area contributed by atoms with E-state index in [9.17, 15) is 4.79 Å². The van der Waals surface area contributed by atoms with Gasteiger partial charge in [0.1, 0.15) is 23.4 Å². The average molecular weight is 427 g/mol. The zero-order chi connectivity index (χ0) is 22.6. The molecule has 6 heteroatoms. The van der Waals surface area contributed by atoms with Gasteiger partial charge in [-0.15, -0.1) is 0 Å². The molecule has 0 fully saturated rings. The summed E-state index contributed by atoms with van der Waals surface area (Å²) >= 11 is 0. The summed E-state index contributed by atoms with van der Waals surface area (Å²) < 4.78 is 19.5. The Labute approximate surface area is 185 Å². The summed E-state index contributed by atoms with van der Waals surface area (Å²) in [6.07, 6.45) is 7.33. The SMILES string of the molecule is CCOC(=O)C(C)(C)CCCOc1ccc2c(c1)C=C(c1nccn1C)C(C(C)C)O2. The molecule has 0 saturated heterocycles. The average Bonchev–Trinajstić information content (AvgIpc) is 3.16. The smallest absolute Gasteiger partial charge is 0.311 e. The number of rotatable bonds is 9. The highest BCUT2D eigenvalue weighted by Gasteiger charge is 2.30. The fourth-order valence-electron chi connectivity index (χ4n) is 3.75. The van der Waals surface area contributed by atoms with E-state index in [0.717, 1.165) is 34.9 Å². The van der Waals surface area contributed by atoms with Gasteiger partial charge in [-0.3, -0.25) is 4.79 Å². The van der Waals surface area contributed by atoms with Crippen LogP contribution in [-0.4, -0.2) is 34.8 Å². The van der Waals surface area contributed by atoms with E-state index in [0.29, 0.717) is 25.6 Å². The minimum Gasteiger partial charge on any atom is -0.494 e. The van der Waals surface area contributed by atoms with Gasteiger partial charge in [-0.05, 0) is 63.8 Å². The van der Waals surface area contributed by atoms with Crippen molar-refractivity contribution in [3.8, 4) is 11.5 Å². The molecule has 1 aromatic heterocycles. The van der Waals surface area contributed by atoms with E-state index in [-0.39, 0.29) is 12.1 Å². The van der Waals surface area contributed by atoms with E-state index < -0.39 is 5.41 Å². The minimum atomic E-state index is -0.505. The fourth-order valence-corrected chi connectivity index (χ4v) is 3.75. The molecule has 1 aromatic carbocycles. The number of ether oxygens (including phenoxy) is 3. The molecular formula is C25H34N2O4. The number of benzene rings is 1. The number of aryl methyl sites for hydroxylation is 1. The third kappa shape index (κ3) is 5.30. The van der Waals surface area contributed by atoms with Crippen LogP contribution in [0.25, 0.3) is 11.6 Å². The van der Waals surface area contributed by atoms with Gasteiger partial charge in [-0.2, -0.15) is 0 Å². The van der Waals surface area contributed by atoms with Crippen molar-refractivity contribution in [2.24, 2.45) is 18.4 Å². The molecule has 0 aliphatic carbocycles. The molecule has 0 amide bonds. The van der Waals surface area contributed by atoms with Crippen molar-refractivity contribution in [3.05, 3.63) is 42.0 Å². The molecule has 1 aliphatic heterocycles. The molecule has 2 aromatic rings. The molecule has 0 N–H and O–H groups in total. The second kappa shape index (κ2) is 9.58. The molecule has 0 saturated carbocycles. The zero-order valence-corrected chi connectivity index (χ0v) is 19.5. The maximum absolute atomic E-state index is 12.0. The number of carbonyl (C=O) groups excluding carboxylic acids is 1. The number of imidazole rings is 1. The second-order valence-electron chi connectivity index (χ2n) is 9.00. The first kappa shape index (κ1) is 22.9. The third-order valence-electron chi connectivity index (χ3n) is 5.58. The number of aromatic nitrogens is 2. The van der Waals surface area contributed by atoms with Crippen LogP contribution in [0.15, 0.2) is 30.6 Å². The van der Waals surface area contributed by atoms with Crippen molar-refractivity contribution in [1.29, 1.82) is 0 Å². The molecule has 1 aliphatic rings. The maximum atomic E-state index is 12.0. The topological polar surface area (TPSA) is 62.6 Å². The highest BCUT2D eigenvalue weighted by Crippen LogP contribution is 2.38. The number of hydrogen-bond donors (Lipinski definition) is 0. The first-order valence-corrected chi connectivity index (χ1v) is 11.0. The molecule has 31 heavy (non-hydrogen) atoms. The van der Waals surface area contributed by atoms with Crippen LogP contribution in [0.2, 0.25) is 0 Å². The van der Waals surface area contributed by atoms with Gasteiger partial charge in [0.05, 0.1) is 18.6 Å². The van der Waals surface area contributed by atoms with Gasteiger partial charge in [-0.1, -0.05) is 13.8 Å². The van der Waals surface area contributed by atoms with E-state index in [1.807, 2.05) is 56.8 Å². The van der Waals surface area contributed by atoms with Crippen LogP contribution in [-0.2, 0) is 16.6 Å². The zero-order valence-electron chi connectivity index (χ0n) is 19.5. The Bertz CT molecular complexity index is 943. The highest BCUT2D eigenvalue weighted by atomic mass is 16.5. The van der Waals surface area contributed by atoms with Crippen molar-refractivity contribution < 1.29 is 19.0 Å². The summed E-state index contributed by atoms with van der Waals surface area (Å²) in [5.74, 6) is 2.71. The van der Waals surface area contributed by atoms with Crippen LogP contribution < -0.4 is 9.47 Å². The number of nitrogens with zero attached hydrogens (tertiary/aromatic N) is 2. The molecule has 0 spiro atoms. The predicted octanol–water partition coefficient (Wildman–Crippen LogP) is 5.13. The Hall–Kier alpha value is -2.76. The standard InChI is InChI=1S/C25H34N2O4/c1-7-29-24(28)25(4,5)11-8-14-30-19-9-10-21-18(15-19)16-20(22(31-21)17(2)3)23-26-12-13-27(23)6/h9-10,12-13,15-17,22H,7-8,11,14H2,1-6H3. The summed E-state index contributed by atoms with van der Waals surface area (Å²) in [7, 11) is 1.99. The second-order valence-corrected chi connectivity index (χ2v) is 9.00. The van der Waals surface area contributed by atoms with Gasteiger partial charge < -0.3 is 18.8 Å². The number of carbonyl (C=O) groups is 1. The summed E-state index contributed by atoms with van der Waals surface area (Å²) in [6.45, 7) is 10.9. The van der Waals surface area contributed by atoms with E-state index >= 15 is 0 Å². The molecule has 0 radical (unpaired) electrons. The Morgan fingerprint density at radius 3 is 2.74 bits per heavy atom. The lowest BCUT2D eigenvalue weighted by molar-refractivity contribution is -0.153. The predicted molar refractivity (Wildman–Crippen MR) is 122 cm³/mol. The van der Waals surface area contributed by atoms with E-state index in [1.54, 1.807) is 6.20 Å². The Morgan fingerprint density at radius 2 is 2.10 bits per heavy atom. The van der Waals surface area contributed by atoms with Crippen LogP contribution in [0.1, 0.15) is 58.8 Å². The van der Waals surface area contributed by atoms with Gasteiger partial charge in [0.25, 0.3) is 0 Å². The lowest BCUT2D eigenvalue weighted by Gasteiger charge is -2.30. The summed E-state index contributed by atoms with van der Waals surface area (Å²) in [5, 5.41) is 0. The summed E-state index contributed by atoms with van der Waals surface area (Å²) in [6, 6.07) is 5.91. The van der Waals surface area contributed by atoms with E-state index in [4.69, 9.17) is 14.2 Å². The molecule has 2 heterocycles. The monoisotopic (exact) mass is 426 g/mol. The maximum Gasteiger partial charge on any atom is 0.311 e. The van der Waals surface area contributed by atoms with Gasteiger partial charge in [0.15, 0.2) is 0 Å². The summed E-state index contributed by atoms with van der Waals surface area (Å²) in [5.41, 5.74) is 1.55. The number of esters is 1. The first-order valence-electron chi connectivity index (χ1n) is 11.0. The quantitative estimate of drug-likeness (QED) is 0.411. The van der Waals surface area contributed by atoms with Crippen LogP contribution >= 0.6 is 0 Å². The Kier molecular flexibility index (Phi) is 7.08. The molecule has 0 bridgehead atoms. The lowest BCUT2D eigenvalue weighted by Crippen LogP contribution is -2.28. The molecule has 168 valence electrons. The van der Waals surface area contributed by atoms with Crippen LogP contribution in [0.3, 0.4) is 0 Å². The molecule has 3 rings (SSSR count).